The van der Waals surface area contributed by atoms with E-state index in [2.05, 4.69) is 4.98 Å². The molecule has 1 aliphatic rings. The average Bonchev–Trinajstić information content (AvgIpc) is 3.28. The van der Waals surface area contributed by atoms with Crippen LogP contribution in [0, 0.1) is 13.8 Å². The van der Waals surface area contributed by atoms with Crippen molar-refractivity contribution < 1.29 is 13.9 Å². The highest BCUT2D eigenvalue weighted by Gasteiger charge is 2.45. The van der Waals surface area contributed by atoms with Crippen LogP contribution in [0.2, 0.25) is 0 Å². The van der Waals surface area contributed by atoms with Gasteiger partial charge in [-0.1, -0.05) is 31.2 Å². The van der Waals surface area contributed by atoms with Gasteiger partial charge < -0.3 is 9.15 Å². The molecule has 2 aromatic heterocycles. The number of amides is 1. The molecule has 32 heavy (non-hydrogen) atoms. The van der Waals surface area contributed by atoms with Gasteiger partial charge in [0.15, 0.2) is 10.6 Å². The first kappa shape index (κ1) is 20.5. The van der Waals surface area contributed by atoms with Crippen LogP contribution in [0.1, 0.15) is 51.6 Å². The molecule has 0 unspecified atom stereocenters. The topological polar surface area (TPSA) is 72.6 Å². The number of fused-ring (bicyclic) bond motifs is 2. The number of hydrogen-bond donors (Lipinski definition) is 0. The molecule has 0 N–H and O–H groups in total. The number of nitrogens with zero attached hydrogens (tertiary/aromatic N) is 2. The number of rotatable bonds is 5. The zero-order valence-electron chi connectivity index (χ0n) is 18.0. The van der Waals surface area contributed by atoms with E-state index >= 15 is 0 Å². The molecule has 2 aromatic carbocycles. The van der Waals surface area contributed by atoms with Gasteiger partial charge in [0.25, 0.3) is 5.91 Å². The van der Waals surface area contributed by atoms with Gasteiger partial charge in [-0.25, -0.2) is 4.98 Å². The smallest absolute Gasteiger partial charge is 0.297 e. The van der Waals surface area contributed by atoms with Gasteiger partial charge in [0, 0.05) is 4.88 Å². The van der Waals surface area contributed by atoms with E-state index in [9.17, 15) is 9.59 Å². The summed E-state index contributed by atoms with van der Waals surface area (Å²) in [6, 6.07) is 13.9. The van der Waals surface area contributed by atoms with Gasteiger partial charge in [0.1, 0.15) is 11.3 Å². The van der Waals surface area contributed by atoms with Crippen LogP contribution in [-0.4, -0.2) is 17.5 Å². The summed E-state index contributed by atoms with van der Waals surface area (Å²) in [6.45, 7) is 6.51. The van der Waals surface area contributed by atoms with Crippen LogP contribution in [0.15, 0.2) is 57.7 Å². The van der Waals surface area contributed by atoms with E-state index in [1.54, 1.807) is 29.2 Å². The van der Waals surface area contributed by atoms with Crippen LogP contribution in [0.3, 0.4) is 0 Å². The van der Waals surface area contributed by atoms with E-state index in [0.29, 0.717) is 34.0 Å². The molecule has 0 aliphatic carbocycles. The van der Waals surface area contributed by atoms with Crippen molar-refractivity contribution in [2.45, 2.75) is 33.2 Å². The first-order chi connectivity index (χ1) is 15.5. The van der Waals surface area contributed by atoms with E-state index < -0.39 is 6.04 Å². The fourth-order valence-corrected chi connectivity index (χ4v) is 4.92. The predicted molar refractivity (Wildman–Crippen MR) is 125 cm³/mol. The largest absolute Gasteiger partial charge is 0.494 e. The lowest BCUT2D eigenvalue weighted by Crippen LogP contribution is -2.29. The molecule has 7 heteroatoms. The molecule has 0 spiro atoms. The fourth-order valence-electron chi connectivity index (χ4n) is 3.99. The normalized spacial score (nSPS) is 15.4. The molecular weight excluding hydrogens is 424 g/mol. The van der Waals surface area contributed by atoms with Gasteiger partial charge >= 0.3 is 0 Å². The Balaban J connectivity index is 1.75. The maximum absolute atomic E-state index is 13.6. The SMILES string of the molecule is CCCOc1cccc([C@@H]2c3c(oc4ccccc4c3=O)C(=O)N2c2nc(C)c(C)s2)c1. The van der Waals surface area contributed by atoms with Gasteiger partial charge in [-0.05, 0) is 50.1 Å². The monoisotopic (exact) mass is 446 g/mol. The molecule has 1 atom stereocenters. The Labute approximate surface area is 189 Å². The summed E-state index contributed by atoms with van der Waals surface area (Å²) in [5, 5.41) is 1.00. The number of hydrogen-bond acceptors (Lipinski definition) is 6. The van der Waals surface area contributed by atoms with Gasteiger partial charge in [-0.15, -0.1) is 11.3 Å². The summed E-state index contributed by atoms with van der Waals surface area (Å²) in [5.74, 6) is 0.410. The summed E-state index contributed by atoms with van der Waals surface area (Å²) in [6.07, 6.45) is 0.883. The van der Waals surface area contributed by atoms with Crippen molar-refractivity contribution in [1.29, 1.82) is 0 Å². The van der Waals surface area contributed by atoms with Crippen LogP contribution in [-0.2, 0) is 0 Å². The summed E-state index contributed by atoms with van der Waals surface area (Å²) in [4.78, 5) is 34.4. The summed E-state index contributed by atoms with van der Waals surface area (Å²) in [7, 11) is 0. The van der Waals surface area contributed by atoms with E-state index in [0.717, 1.165) is 22.6 Å². The number of thiazole rings is 1. The van der Waals surface area contributed by atoms with Crippen molar-refractivity contribution in [3.63, 3.8) is 0 Å². The molecule has 162 valence electrons. The third-order valence-electron chi connectivity index (χ3n) is 5.65. The Kier molecular flexibility index (Phi) is 5.06. The first-order valence-electron chi connectivity index (χ1n) is 10.6. The molecule has 0 saturated heterocycles. The molecule has 6 nitrogen and oxygen atoms in total. The van der Waals surface area contributed by atoms with Crippen molar-refractivity contribution in [1.82, 2.24) is 4.98 Å². The van der Waals surface area contributed by atoms with Crippen molar-refractivity contribution >= 4 is 33.3 Å². The molecule has 0 fully saturated rings. The highest BCUT2D eigenvalue weighted by atomic mass is 32.1. The number of anilines is 1. The average molecular weight is 447 g/mol. The minimum Gasteiger partial charge on any atom is -0.494 e. The van der Waals surface area contributed by atoms with Gasteiger partial charge in [-0.2, -0.15) is 0 Å². The Hall–Kier alpha value is -3.45. The molecule has 0 radical (unpaired) electrons. The maximum atomic E-state index is 13.6. The Morgan fingerprint density at radius 1 is 1.12 bits per heavy atom. The molecule has 1 aliphatic heterocycles. The second-order valence-electron chi connectivity index (χ2n) is 7.81. The minimum absolute atomic E-state index is 0.0732. The number of aromatic nitrogens is 1. The van der Waals surface area contributed by atoms with Crippen molar-refractivity contribution in [3.8, 4) is 5.75 Å². The standard InChI is InChI=1S/C25H22N2O4S/c1-4-12-30-17-9-7-8-16(13-17)21-20-22(28)18-10-5-6-11-19(18)31-23(20)24(29)27(21)25-26-14(2)15(3)32-25/h5-11,13,21H,4,12H2,1-3H3/t21-/m1/s1. The molecule has 0 bridgehead atoms. The molecule has 1 amide bonds. The van der Waals surface area contributed by atoms with Crippen molar-refractivity contribution in [2.75, 3.05) is 11.5 Å². The zero-order valence-corrected chi connectivity index (χ0v) is 18.9. The number of para-hydroxylation sites is 1. The molecule has 4 aromatic rings. The maximum Gasteiger partial charge on any atom is 0.297 e. The summed E-state index contributed by atoms with van der Waals surface area (Å²) < 4.78 is 11.8. The zero-order chi connectivity index (χ0) is 22.4. The highest BCUT2D eigenvalue weighted by Crippen LogP contribution is 2.43. The van der Waals surface area contributed by atoms with E-state index in [1.165, 1.54) is 11.3 Å². The van der Waals surface area contributed by atoms with Gasteiger partial charge in [-0.3, -0.25) is 14.5 Å². The quantitative estimate of drug-likeness (QED) is 0.410. The number of aryl methyl sites for hydroxylation is 2. The summed E-state index contributed by atoms with van der Waals surface area (Å²) >= 11 is 1.43. The number of benzene rings is 2. The lowest BCUT2D eigenvalue weighted by atomic mass is 9.98. The van der Waals surface area contributed by atoms with Crippen LogP contribution in [0.4, 0.5) is 5.13 Å². The van der Waals surface area contributed by atoms with E-state index in [-0.39, 0.29) is 17.1 Å². The van der Waals surface area contributed by atoms with Crippen LogP contribution < -0.4 is 15.1 Å². The van der Waals surface area contributed by atoms with Crippen LogP contribution in [0.5, 0.6) is 5.75 Å². The Bertz CT molecular complexity index is 1390. The van der Waals surface area contributed by atoms with Gasteiger partial charge in [0.2, 0.25) is 5.76 Å². The fraction of sp³-hybridized carbons (Fsp3) is 0.240. The van der Waals surface area contributed by atoms with E-state index in [1.807, 2.05) is 45.0 Å². The number of ether oxygens (including phenoxy) is 1. The number of carbonyl (C=O) groups is 1. The Morgan fingerprint density at radius 2 is 1.94 bits per heavy atom. The molecule has 5 rings (SSSR count). The third kappa shape index (κ3) is 3.20. The summed E-state index contributed by atoms with van der Waals surface area (Å²) in [5.41, 5.74) is 2.17. The molecular formula is C25H22N2O4S. The minimum atomic E-state index is -0.645. The second-order valence-corrected chi connectivity index (χ2v) is 8.99. The van der Waals surface area contributed by atoms with Crippen LogP contribution in [0.25, 0.3) is 11.0 Å². The number of carbonyl (C=O) groups excluding carboxylic acids is 1. The van der Waals surface area contributed by atoms with E-state index in [4.69, 9.17) is 9.15 Å². The third-order valence-corrected chi connectivity index (χ3v) is 6.72. The van der Waals surface area contributed by atoms with Crippen molar-refractivity contribution in [3.05, 3.63) is 86.2 Å². The van der Waals surface area contributed by atoms with Gasteiger partial charge in [0.05, 0.1) is 29.3 Å². The second kappa shape index (κ2) is 7.91. The van der Waals surface area contributed by atoms with Crippen LogP contribution >= 0.6 is 11.3 Å². The predicted octanol–water partition coefficient (Wildman–Crippen LogP) is 5.40. The highest BCUT2D eigenvalue weighted by molar-refractivity contribution is 7.15. The Morgan fingerprint density at radius 3 is 2.69 bits per heavy atom. The van der Waals surface area contributed by atoms with Crippen molar-refractivity contribution in [2.24, 2.45) is 0 Å². The lowest BCUT2D eigenvalue weighted by Gasteiger charge is -2.23. The molecule has 0 saturated carbocycles. The lowest BCUT2D eigenvalue weighted by molar-refractivity contribution is 0.0971. The molecule has 3 heterocycles. The first-order valence-corrected chi connectivity index (χ1v) is 11.4.